The summed E-state index contributed by atoms with van der Waals surface area (Å²) in [4.78, 5) is 7.42. The molecule has 1 heterocycles. The van der Waals surface area contributed by atoms with Crippen LogP contribution in [0.25, 0.3) is 66.7 Å². The van der Waals surface area contributed by atoms with Crippen LogP contribution >= 0.6 is 0 Å². The van der Waals surface area contributed by atoms with Crippen LogP contribution in [-0.4, -0.2) is 4.98 Å². The van der Waals surface area contributed by atoms with E-state index in [1.807, 2.05) is 36.4 Å². The van der Waals surface area contributed by atoms with Crippen LogP contribution in [0.4, 0.5) is 17.1 Å². The van der Waals surface area contributed by atoms with E-state index in [0.717, 1.165) is 55.6 Å². The summed E-state index contributed by atoms with van der Waals surface area (Å²) in [6.07, 6.45) is 0. The van der Waals surface area contributed by atoms with Crippen LogP contribution in [-0.2, 0) is 5.41 Å². The van der Waals surface area contributed by atoms with Gasteiger partial charge in [-0.05, 0) is 104 Å². The Labute approximate surface area is 309 Å². The third kappa shape index (κ3) is 5.16. The largest absolute Gasteiger partial charge is 0.436 e. The first-order valence-corrected chi connectivity index (χ1v) is 18.2. The van der Waals surface area contributed by atoms with E-state index in [0.29, 0.717) is 5.89 Å². The highest BCUT2D eigenvalue weighted by atomic mass is 16.3. The normalized spacial score (nSPS) is 12.9. The second-order valence-electron chi connectivity index (χ2n) is 14.4. The summed E-state index contributed by atoms with van der Waals surface area (Å²) in [6.45, 7) is 4.67. The van der Waals surface area contributed by atoms with Gasteiger partial charge in [-0.25, -0.2) is 4.98 Å². The smallest absolute Gasteiger partial charge is 0.227 e. The molecule has 0 aliphatic heterocycles. The zero-order valence-corrected chi connectivity index (χ0v) is 29.6. The third-order valence-electron chi connectivity index (χ3n) is 10.9. The maximum atomic E-state index is 6.29. The van der Waals surface area contributed by atoms with Gasteiger partial charge in [0.1, 0.15) is 5.52 Å². The lowest BCUT2D eigenvalue weighted by Gasteiger charge is -2.28. The van der Waals surface area contributed by atoms with Crippen LogP contribution in [0.1, 0.15) is 25.0 Å². The first-order chi connectivity index (χ1) is 26.0. The van der Waals surface area contributed by atoms with Crippen molar-refractivity contribution in [1.82, 2.24) is 4.98 Å². The molecule has 3 nitrogen and oxygen atoms in total. The summed E-state index contributed by atoms with van der Waals surface area (Å²) in [5.74, 6) is 0.631. The number of hydrogen-bond acceptors (Lipinski definition) is 3. The highest BCUT2D eigenvalue weighted by Gasteiger charge is 2.35. The van der Waals surface area contributed by atoms with Crippen molar-refractivity contribution in [2.75, 3.05) is 4.90 Å². The average molecular weight is 681 g/mol. The van der Waals surface area contributed by atoms with Gasteiger partial charge in [0.05, 0.1) is 0 Å². The number of rotatable bonds is 6. The van der Waals surface area contributed by atoms with Crippen molar-refractivity contribution in [2.45, 2.75) is 19.3 Å². The van der Waals surface area contributed by atoms with Crippen molar-refractivity contribution < 1.29 is 4.42 Å². The Morgan fingerprint density at radius 3 is 1.91 bits per heavy atom. The summed E-state index contributed by atoms with van der Waals surface area (Å²) >= 11 is 0. The van der Waals surface area contributed by atoms with E-state index in [2.05, 4.69) is 164 Å². The Hall–Kier alpha value is -6.71. The number of oxazole rings is 1. The Kier molecular flexibility index (Phi) is 7.16. The topological polar surface area (TPSA) is 29.3 Å². The van der Waals surface area contributed by atoms with E-state index < -0.39 is 0 Å². The minimum absolute atomic E-state index is 0.0558. The zero-order chi connectivity index (χ0) is 35.5. The number of anilines is 3. The highest BCUT2D eigenvalue weighted by Crippen LogP contribution is 2.51. The van der Waals surface area contributed by atoms with Crippen LogP contribution in [0.3, 0.4) is 0 Å². The Morgan fingerprint density at radius 1 is 0.453 bits per heavy atom. The summed E-state index contributed by atoms with van der Waals surface area (Å²) in [5, 5.41) is 2.23. The molecule has 0 spiro atoms. The van der Waals surface area contributed by atoms with E-state index in [9.17, 15) is 0 Å². The number of fused-ring (bicyclic) bond motifs is 6. The molecule has 0 radical (unpaired) electrons. The number of benzene rings is 8. The quantitative estimate of drug-likeness (QED) is 0.175. The first-order valence-electron chi connectivity index (χ1n) is 18.2. The molecule has 0 N–H and O–H groups in total. The molecule has 1 aromatic heterocycles. The molecule has 0 amide bonds. The van der Waals surface area contributed by atoms with Crippen LogP contribution in [0.15, 0.2) is 186 Å². The molecule has 0 saturated carbocycles. The molecule has 252 valence electrons. The van der Waals surface area contributed by atoms with E-state index in [1.54, 1.807) is 0 Å². The minimum Gasteiger partial charge on any atom is -0.436 e. The lowest BCUT2D eigenvalue weighted by molar-refractivity contribution is 0.620. The van der Waals surface area contributed by atoms with E-state index in [1.165, 1.54) is 33.4 Å². The van der Waals surface area contributed by atoms with Gasteiger partial charge in [-0.3, -0.25) is 0 Å². The number of aromatic nitrogens is 1. The predicted octanol–water partition coefficient (Wildman–Crippen LogP) is 13.8. The molecular formula is C50H36N2O. The van der Waals surface area contributed by atoms with E-state index >= 15 is 0 Å². The Morgan fingerprint density at radius 2 is 1.09 bits per heavy atom. The van der Waals surface area contributed by atoms with Crippen molar-refractivity contribution >= 4 is 38.9 Å². The average Bonchev–Trinajstić information content (AvgIpc) is 3.76. The molecule has 0 fully saturated rings. The van der Waals surface area contributed by atoms with Crippen LogP contribution in [0, 0.1) is 0 Å². The summed E-state index contributed by atoms with van der Waals surface area (Å²) < 4.78 is 6.29. The van der Waals surface area contributed by atoms with Crippen molar-refractivity contribution in [2.24, 2.45) is 0 Å². The molecule has 10 rings (SSSR count). The molecule has 0 bridgehead atoms. The maximum absolute atomic E-state index is 6.29. The highest BCUT2D eigenvalue weighted by molar-refractivity contribution is 6.12. The van der Waals surface area contributed by atoms with Crippen LogP contribution in [0.5, 0.6) is 0 Å². The van der Waals surface area contributed by atoms with Crippen LogP contribution < -0.4 is 4.90 Å². The molecule has 1 aliphatic carbocycles. The summed E-state index contributed by atoms with van der Waals surface area (Å²) in [6, 6.07) is 65.0. The van der Waals surface area contributed by atoms with Gasteiger partial charge >= 0.3 is 0 Å². The third-order valence-corrected chi connectivity index (χ3v) is 10.9. The number of nitrogens with zero attached hydrogens (tertiary/aromatic N) is 2. The van der Waals surface area contributed by atoms with Gasteiger partial charge in [-0.15, -0.1) is 0 Å². The standard InChI is InChI=1S/C50H36N2O/c1-50(2)44-22-10-9-20-42(44)43-32-40(28-29-45(43)50)52(39-19-11-18-37(31-39)33-13-5-3-6-14-33)38-26-23-34(24-27-38)41-21-12-17-35-25-30-46-48(47(35)41)51-49(53-46)36-15-7-4-8-16-36/h3-32H,1-2H3. The van der Waals surface area contributed by atoms with E-state index in [4.69, 9.17) is 9.40 Å². The SMILES string of the molecule is CC1(C)c2ccccc2-c2cc(N(c3ccc(-c4cccc5ccc6oc(-c7ccccc7)nc6c45)cc3)c3cccc(-c4ccccc4)c3)ccc21. The van der Waals surface area contributed by atoms with Crippen molar-refractivity contribution in [3.05, 3.63) is 193 Å². The second-order valence-corrected chi connectivity index (χ2v) is 14.4. The van der Waals surface area contributed by atoms with Gasteiger partial charge in [-0.2, -0.15) is 0 Å². The molecule has 1 aliphatic rings. The van der Waals surface area contributed by atoms with Crippen LogP contribution in [0.2, 0.25) is 0 Å². The fourth-order valence-electron chi connectivity index (χ4n) is 8.25. The fourth-order valence-corrected chi connectivity index (χ4v) is 8.25. The molecule has 53 heavy (non-hydrogen) atoms. The fraction of sp³-hybridized carbons (Fsp3) is 0.0600. The molecule has 3 heteroatoms. The lowest BCUT2D eigenvalue weighted by Crippen LogP contribution is -2.15. The minimum atomic E-state index is -0.0558. The Bertz CT molecular complexity index is 2800. The van der Waals surface area contributed by atoms with Gasteiger partial charge in [0.25, 0.3) is 0 Å². The monoisotopic (exact) mass is 680 g/mol. The number of hydrogen-bond donors (Lipinski definition) is 0. The maximum Gasteiger partial charge on any atom is 0.227 e. The summed E-state index contributed by atoms with van der Waals surface area (Å²) in [7, 11) is 0. The molecule has 0 unspecified atom stereocenters. The molecule has 8 aromatic carbocycles. The lowest BCUT2D eigenvalue weighted by atomic mass is 9.82. The van der Waals surface area contributed by atoms with Gasteiger partial charge in [-0.1, -0.05) is 141 Å². The zero-order valence-electron chi connectivity index (χ0n) is 29.6. The van der Waals surface area contributed by atoms with Crippen molar-refractivity contribution in [3.63, 3.8) is 0 Å². The molecule has 0 saturated heterocycles. The van der Waals surface area contributed by atoms with Gasteiger partial charge in [0.2, 0.25) is 5.89 Å². The first kappa shape index (κ1) is 31.1. The van der Waals surface area contributed by atoms with Crippen molar-refractivity contribution in [1.29, 1.82) is 0 Å². The molecule has 0 atom stereocenters. The second kappa shape index (κ2) is 12.2. The van der Waals surface area contributed by atoms with E-state index in [-0.39, 0.29) is 5.41 Å². The molecular weight excluding hydrogens is 645 g/mol. The van der Waals surface area contributed by atoms with Gasteiger partial charge in [0, 0.05) is 33.4 Å². The van der Waals surface area contributed by atoms with Gasteiger partial charge < -0.3 is 9.32 Å². The van der Waals surface area contributed by atoms with Crippen molar-refractivity contribution in [3.8, 4) is 44.8 Å². The van der Waals surface area contributed by atoms with Gasteiger partial charge in [0.15, 0.2) is 5.58 Å². The summed E-state index contributed by atoms with van der Waals surface area (Å²) in [5.41, 5.74) is 15.9. The predicted molar refractivity (Wildman–Crippen MR) is 220 cm³/mol. The Balaban J connectivity index is 1.11. The molecule has 9 aromatic rings.